The average Bonchev–Trinajstić information content (AvgIpc) is 2.95. The van der Waals surface area contributed by atoms with Crippen LogP contribution in [0.3, 0.4) is 0 Å². The van der Waals surface area contributed by atoms with Gasteiger partial charge in [-0.2, -0.15) is 0 Å². The third kappa shape index (κ3) is 11.7. The number of benzene rings is 2. The van der Waals surface area contributed by atoms with Gasteiger partial charge in [0.25, 0.3) is 0 Å². The summed E-state index contributed by atoms with van der Waals surface area (Å²) in [5.41, 5.74) is 1.85. The second kappa shape index (κ2) is 17.7. The molecule has 3 N–H and O–H groups in total. The fourth-order valence-electron chi connectivity index (χ4n) is 4.28. The molecule has 0 saturated carbocycles. The zero-order chi connectivity index (χ0) is 28.5. The average molecular weight is 535 g/mol. The van der Waals surface area contributed by atoms with Gasteiger partial charge in [0.05, 0.1) is 24.5 Å². The maximum absolute atomic E-state index is 13.3. The van der Waals surface area contributed by atoms with Gasteiger partial charge >= 0.3 is 5.97 Å². The molecule has 0 aliphatic rings. The van der Waals surface area contributed by atoms with Crippen molar-refractivity contribution in [3.05, 3.63) is 97.1 Å². The van der Waals surface area contributed by atoms with Gasteiger partial charge in [-0.3, -0.25) is 14.4 Å². The molecule has 0 unspecified atom stereocenters. The molecule has 39 heavy (non-hydrogen) atoms. The first-order valence-corrected chi connectivity index (χ1v) is 13.6. The van der Waals surface area contributed by atoms with Crippen LogP contribution in [0.25, 0.3) is 0 Å². The number of aliphatic hydroxyl groups is 1. The Balaban J connectivity index is 2.13. The minimum atomic E-state index is -0.653. The summed E-state index contributed by atoms with van der Waals surface area (Å²) >= 11 is 0. The molecule has 0 aliphatic carbocycles. The van der Waals surface area contributed by atoms with Crippen molar-refractivity contribution in [2.45, 2.75) is 57.5 Å². The van der Waals surface area contributed by atoms with Crippen molar-refractivity contribution < 1.29 is 24.2 Å². The summed E-state index contributed by atoms with van der Waals surface area (Å²) in [5.74, 6) is -1.94. The number of carbonyl (C=O) groups excluding carboxylic acids is 3. The lowest BCUT2D eigenvalue weighted by Gasteiger charge is -2.24. The first-order chi connectivity index (χ1) is 18.9. The summed E-state index contributed by atoms with van der Waals surface area (Å²) in [6, 6.07) is 18.2. The molecule has 0 fully saturated rings. The number of unbranched alkanes of at least 4 members (excludes halogenated alkanes) is 1. The van der Waals surface area contributed by atoms with E-state index in [1.165, 1.54) is 0 Å². The Morgan fingerprint density at radius 3 is 2.23 bits per heavy atom. The van der Waals surface area contributed by atoms with E-state index in [1.54, 1.807) is 13.0 Å². The molecule has 2 aromatic rings. The summed E-state index contributed by atoms with van der Waals surface area (Å²) < 4.78 is 5.81. The highest BCUT2D eigenvalue weighted by Gasteiger charge is 2.27. The van der Waals surface area contributed by atoms with Gasteiger partial charge in [0.2, 0.25) is 11.8 Å². The highest BCUT2D eigenvalue weighted by molar-refractivity contribution is 5.86. The molecule has 0 saturated heterocycles. The van der Waals surface area contributed by atoms with Crippen LogP contribution in [-0.2, 0) is 25.5 Å². The van der Waals surface area contributed by atoms with Crippen LogP contribution in [0, 0.1) is 11.8 Å². The Hall–Kier alpha value is -3.71. The monoisotopic (exact) mass is 534 g/mol. The Labute approximate surface area is 232 Å². The van der Waals surface area contributed by atoms with Crippen LogP contribution in [0.15, 0.2) is 86.0 Å². The van der Waals surface area contributed by atoms with Crippen LogP contribution in [0.5, 0.6) is 0 Å². The van der Waals surface area contributed by atoms with Crippen LogP contribution < -0.4 is 10.6 Å². The van der Waals surface area contributed by atoms with Gasteiger partial charge in [-0.15, -0.1) is 13.2 Å². The molecule has 0 bridgehead atoms. The summed E-state index contributed by atoms with van der Waals surface area (Å²) in [4.78, 5) is 38.9. The van der Waals surface area contributed by atoms with Crippen molar-refractivity contribution in [1.29, 1.82) is 0 Å². The van der Waals surface area contributed by atoms with E-state index in [2.05, 4.69) is 23.8 Å². The quantitative estimate of drug-likeness (QED) is 0.146. The number of esters is 1. The number of nitrogens with one attached hydrogen (secondary N) is 2. The molecule has 210 valence electrons. The smallest absolute Gasteiger partial charge is 0.309 e. The van der Waals surface area contributed by atoms with E-state index in [9.17, 15) is 19.5 Å². The molecule has 0 heterocycles. The Morgan fingerprint density at radius 2 is 1.62 bits per heavy atom. The van der Waals surface area contributed by atoms with Crippen molar-refractivity contribution in [1.82, 2.24) is 10.6 Å². The summed E-state index contributed by atoms with van der Waals surface area (Å²) in [6.45, 7) is 8.95. The van der Waals surface area contributed by atoms with Crippen LogP contribution in [0.1, 0.15) is 56.2 Å². The van der Waals surface area contributed by atoms with E-state index in [0.29, 0.717) is 19.3 Å². The Kier molecular flexibility index (Phi) is 14.3. The van der Waals surface area contributed by atoms with Gasteiger partial charge in [-0.1, -0.05) is 72.8 Å². The van der Waals surface area contributed by atoms with E-state index in [-0.39, 0.29) is 43.3 Å². The molecule has 2 amide bonds. The summed E-state index contributed by atoms with van der Waals surface area (Å²) in [7, 11) is 0. The van der Waals surface area contributed by atoms with Crippen molar-refractivity contribution in [2.24, 2.45) is 11.8 Å². The second-order valence-electron chi connectivity index (χ2n) is 9.78. The van der Waals surface area contributed by atoms with Crippen LogP contribution in [0.2, 0.25) is 0 Å². The predicted molar refractivity (Wildman–Crippen MR) is 154 cm³/mol. The fraction of sp³-hybridized carbons (Fsp3) is 0.406. The fourth-order valence-corrected chi connectivity index (χ4v) is 4.28. The minimum absolute atomic E-state index is 0.0319. The molecule has 7 heteroatoms. The lowest BCUT2D eigenvalue weighted by Crippen LogP contribution is -2.41. The third-order valence-corrected chi connectivity index (χ3v) is 6.46. The number of amides is 2. The van der Waals surface area contributed by atoms with E-state index in [1.807, 2.05) is 66.7 Å². The van der Waals surface area contributed by atoms with Crippen molar-refractivity contribution >= 4 is 17.8 Å². The number of hydrogen-bond donors (Lipinski definition) is 3. The van der Waals surface area contributed by atoms with Gasteiger partial charge in [-0.25, -0.2) is 0 Å². The lowest BCUT2D eigenvalue weighted by molar-refractivity contribution is -0.150. The van der Waals surface area contributed by atoms with E-state index >= 15 is 0 Å². The lowest BCUT2D eigenvalue weighted by atomic mass is 9.94. The highest BCUT2D eigenvalue weighted by atomic mass is 16.5. The Morgan fingerprint density at radius 1 is 0.949 bits per heavy atom. The molecule has 4 atom stereocenters. The molecular formula is C32H42N2O5. The van der Waals surface area contributed by atoms with E-state index in [0.717, 1.165) is 24.0 Å². The van der Waals surface area contributed by atoms with E-state index in [4.69, 9.17) is 4.74 Å². The molecule has 7 nitrogen and oxygen atoms in total. The standard InChI is InChI=1S/C32H42N2O5/c1-4-6-9-19-28(20-25-15-10-7-11-16-25)32(38)39-23-29(26-17-12-8-13-18-26)34-31(37)27(14-5-2)21-30(36)33-24(3)22-35/h4-5,7-8,10-13,15-18,24,27-29,35H,1-2,6,9,14,19-23H2,3H3,(H,33,36)(H,34,37)/t24-,27-,28-,29-/m1/s1. The topological polar surface area (TPSA) is 105 Å². The molecule has 0 spiro atoms. The van der Waals surface area contributed by atoms with Gasteiger partial charge in [0.1, 0.15) is 6.61 Å². The summed E-state index contributed by atoms with van der Waals surface area (Å²) in [5, 5.41) is 14.9. The zero-order valence-electron chi connectivity index (χ0n) is 22.9. The number of allylic oxidation sites excluding steroid dienone is 2. The molecule has 2 rings (SSSR count). The normalized spacial score (nSPS) is 13.8. The molecule has 0 radical (unpaired) electrons. The SMILES string of the molecule is C=CCCC[C@H](Cc1ccccc1)C(=O)OC[C@@H](NC(=O)[C@H](CC=C)CC(=O)N[C@H](C)CO)c1ccccc1. The molecule has 0 aliphatic heterocycles. The number of hydrogen-bond acceptors (Lipinski definition) is 5. The van der Waals surface area contributed by atoms with Crippen molar-refractivity contribution in [2.75, 3.05) is 13.2 Å². The Bertz CT molecular complexity index is 1040. The van der Waals surface area contributed by atoms with Gasteiger partial charge in [0.15, 0.2) is 0 Å². The molecule has 0 aromatic heterocycles. The first-order valence-electron chi connectivity index (χ1n) is 13.6. The second-order valence-corrected chi connectivity index (χ2v) is 9.78. The number of ether oxygens (including phenoxy) is 1. The predicted octanol–water partition coefficient (Wildman–Crippen LogP) is 4.68. The van der Waals surface area contributed by atoms with Crippen molar-refractivity contribution in [3.8, 4) is 0 Å². The molecular weight excluding hydrogens is 492 g/mol. The summed E-state index contributed by atoms with van der Waals surface area (Å²) in [6.07, 6.45) is 6.58. The number of carbonyl (C=O) groups is 3. The first kappa shape index (κ1) is 31.5. The highest BCUT2D eigenvalue weighted by Crippen LogP contribution is 2.21. The van der Waals surface area contributed by atoms with Crippen LogP contribution in [-0.4, -0.2) is 42.1 Å². The zero-order valence-corrected chi connectivity index (χ0v) is 22.9. The van der Waals surface area contributed by atoms with E-state index < -0.39 is 18.0 Å². The van der Waals surface area contributed by atoms with Gasteiger partial charge in [0, 0.05) is 12.5 Å². The van der Waals surface area contributed by atoms with Gasteiger partial charge in [-0.05, 0) is 50.2 Å². The third-order valence-electron chi connectivity index (χ3n) is 6.46. The molecule has 2 aromatic carbocycles. The van der Waals surface area contributed by atoms with Crippen molar-refractivity contribution in [3.63, 3.8) is 0 Å². The van der Waals surface area contributed by atoms with Gasteiger partial charge < -0.3 is 20.5 Å². The van der Waals surface area contributed by atoms with Crippen LogP contribution >= 0.6 is 0 Å². The maximum Gasteiger partial charge on any atom is 0.309 e. The van der Waals surface area contributed by atoms with Crippen LogP contribution in [0.4, 0.5) is 0 Å². The number of rotatable bonds is 18. The maximum atomic E-state index is 13.3. The minimum Gasteiger partial charge on any atom is -0.463 e. The number of aliphatic hydroxyl groups excluding tert-OH is 1. The largest absolute Gasteiger partial charge is 0.463 e.